The number of amides is 1. The third kappa shape index (κ3) is 3.19. The molecule has 2 saturated heterocycles. The Hall–Kier alpha value is -0.610. The first kappa shape index (κ1) is 11.9. The molecule has 92 valence electrons. The van der Waals surface area contributed by atoms with Crippen LogP contribution in [0, 0.1) is 5.92 Å². The van der Waals surface area contributed by atoms with Crippen molar-refractivity contribution >= 4 is 6.41 Å². The summed E-state index contributed by atoms with van der Waals surface area (Å²) in [4.78, 5) is 17.4. The SMILES string of the molecule is CN1CCC(CN2CCN(C=O)CC2)CC1. The van der Waals surface area contributed by atoms with Crippen LogP contribution in [0.2, 0.25) is 0 Å². The molecule has 2 aliphatic rings. The Balaban J connectivity index is 1.68. The minimum Gasteiger partial charge on any atom is -0.343 e. The lowest BCUT2D eigenvalue weighted by molar-refractivity contribution is -0.119. The Labute approximate surface area is 98.2 Å². The van der Waals surface area contributed by atoms with Crippen LogP contribution in [0.5, 0.6) is 0 Å². The van der Waals surface area contributed by atoms with E-state index < -0.39 is 0 Å². The smallest absolute Gasteiger partial charge is 0.209 e. The highest BCUT2D eigenvalue weighted by Gasteiger charge is 2.21. The molecule has 2 heterocycles. The van der Waals surface area contributed by atoms with Crippen molar-refractivity contribution in [1.29, 1.82) is 0 Å². The molecule has 0 radical (unpaired) electrons. The number of rotatable bonds is 3. The van der Waals surface area contributed by atoms with Gasteiger partial charge in [-0.1, -0.05) is 0 Å². The van der Waals surface area contributed by atoms with E-state index in [1.54, 1.807) is 0 Å². The summed E-state index contributed by atoms with van der Waals surface area (Å²) in [6.07, 6.45) is 3.65. The number of carbonyl (C=O) groups is 1. The monoisotopic (exact) mass is 225 g/mol. The second-order valence-electron chi connectivity index (χ2n) is 5.19. The topological polar surface area (TPSA) is 26.8 Å². The number of carbonyl (C=O) groups excluding carboxylic acids is 1. The molecule has 0 N–H and O–H groups in total. The standard InChI is InChI=1S/C12H23N3O/c1-13-4-2-12(3-5-13)10-14-6-8-15(11-16)9-7-14/h11-12H,2-10H2,1H3. The lowest BCUT2D eigenvalue weighted by atomic mass is 9.96. The fourth-order valence-corrected chi connectivity index (χ4v) is 2.66. The molecule has 0 unspecified atom stereocenters. The van der Waals surface area contributed by atoms with Crippen molar-refractivity contribution in [3.05, 3.63) is 0 Å². The van der Waals surface area contributed by atoms with Crippen LogP contribution in [0.4, 0.5) is 0 Å². The van der Waals surface area contributed by atoms with Crippen molar-refractivity contribution in [1.82, 2.24) is 14.7 Å². The Kier molecular flexibility index (Phi) is 4.18. The first-order valence-electron chi connectivity index (χ1n) is 6.38. The van der Waals surface area contributed by atoms with Crippen LogP contribution in [0.3, 0.4) is 0 Å². The Morgan fingerprint density at radius 2 is 1.69 bits per heavy atom. The van der Waals surface area contributed by atoms with Crippen molar-refractivity contribution in [3.8, 4) is 0 Å². The largest absolute Gasteiger partial charge is 0.343 e. The maximum absolute atomic E-state index is 10.6. The van der Waals surface area contributed by atoms with E-state index in [0.29, 0.717) is 0 Å². The lowest BCUT2D eigenvalue weighted by Gasteiger charge is -2.37. The van der Waals surface area contributed by atoms with Crippen molar-refractivity contribution in [3.63, 3.8) is 0 Å². The molecule has 2 rings (SSSR count). The average Bonchev–Trinajstić information content (AvgIpc) is 2.33. The fraction of sp³-hybridized carbons (Fsp3) is 0.917. The van der Waals surface area contributed by atoms with E-state index in [9.17, 15) is 4.79 Å². The summed E-state index contributed by atoms with van der Waals surface area (Å²) in [5.74, 6) is 0.874. The van der Waals surface area contributed by atoms with Crippen LogP contribution in [0.1, 0.15) is 12.8 Å². The van der Waals surface area contributed by atoms with E-state index in [4.69, 9.17) is 0 Å². The molecular weight excluding hydrogens is 202 g/mol. The van der Waals surface area contributed by atoms with Gasteiger partial charge < -0.3 is 9.80 Å². The molecule has 0 saturated carbocycles. The van der Waals surface area contributed by atoms with E-state index >= 15 is 0 Å². The van der Waals surface area contributed by atoms with Gasteiger partial charge in [0.25, 0.3) is 0 Å². The predicted molar refractivity (Wildman–Crippen MR) is 64.3 cm³/mol. The maximum atomic E-state index is 10.6. The average molecular weight is 225 g/mol. The first-order chi connectivity index (χ1) is 7.78. The third-order valence-corrected chi connectivity index (χ3v) is 3.91. The van der Waals surface area contributed by atoms with E-state index in [2.05, 4.69) is 16.8 Å². The van der Waals surface area contributed by atoms with E-state index in [0.717, 1.165) is 38.5 Å². The quantitative estimate of drug-likeness (QED) is 0.638. The highest BCUT2D eigenvalue weighted by atomic mass is 16.1. The molecule has 0 aromatic rings. The van der Waals surface area contributed by atoms with E-state index in [-0.39, 0.29) is 0 Å². The number of piperazine rings is 1. The Morgan fingerprint density at radius 3 is 2.25 bits per heavy atom. The maximum Gasteiger partial charge on any atom is 0.209 e. The molecule has 0 aromatic heterocycles. The summed E-state index contributed by atoms with van der Waals surface area (Å²) in [5, 5.41) is 0. The molecule has 4 nitrogen and oxygen atoms in total. The molecule has 0 spiro atoms. The van der Waals surface area contributed by atoms with E-state index in [1.165, 1.54) is 32.5 Å². The number of hydrogen-bond donors (Lipinski definition) is 0. The third-order valence-electron chi connectivity index (χ3n) is 3.91. The molecule has 0 aliphatic carbocycles. The van der Waals surface area contributed by atoms with Crippen molar-refractivity contribution in [2.24, 2.45) is 5.92 Å². The predicted octanol–water partition coefficient (Wildman–Crippen LogP) is 0.102. The van der Waals surface area contributed by atoms with Gasteiger partial charge in [0.1, 0.15) is 0 Å². The van der Waals surface area contributed by atoms with Crippen LogP contribution in [0.25, 0.3) is 0 Å². The summed E-state index contributed by atoms with van der Waals surface area (Å²) in [7, 11) is 2.21. The second-order valence-corrected chi connectivity index (χ2v) is 5.19. The van der Waals surface area contributed by atoms with Gasteiger partial charge >= 0.3 is 0 Å². The highest BCUT2D eigenvalue weighted by Crippen LogP contribution is 2.17. The molecule has 16 heavy (non-hydrogen) atoms. The Bertz CT molecular complexity index is 218. The number of piperidine rings is 1. The van der Waals surface area contributed by atoms with Gasteiger partial charge in [0.05, 0.1) is 0 Å². The summed E-state index contributed by atoms with van der Waals surface area (Å²) in [5.41, 5.74) is 0. The van der Waals surface area contributed by atoms with Crippen molar-refractivity contribution < 1.29 is 4.79 Å². The molecule has 0 bridgehead atoms. The summed E-state index contributed by atoms with van der Waals surface area (Å²) < 4.78 is 0. The van der Waals surface area contributed by atoms with Gasteiger partial charge in [-0.25, -0.2) is 0 Å². The van der Waals surface area contributed by atoms with Gasteiger partial charge in [-0.05, 0) is 38.9 Å². The molecule has 2 fully saturated rings. The van der Waals surface area contributed by atoms with Gasteiger partial charge in [-0.3, -0.25) is 9.69 Å². The molecule has 1 amide bonds. The van der Waals surface area contributed by atoms with Crippen LogP contribution >= 0.6 is 0 Å². The summed E-state index contributed by atoms with van der Waals surface area (Å²) in [6.45, 7) is 7.68. The number of likely N-dealkylation sites (tertiary alicyclic amines) is 1. The summed E-state index contributed by atoms with van der Waals surface area (Å²) >= 11 is 0. The zero-order valence-corrected chi connectivity index (χ0v) is 10.3. The zero-order valence-electron chi connectivity index (χ0n) is 10.3. The molecule has 2 aliphatic heterocycles. The van der Waals surface area contributed by atoms with Gasteiger partial charge in [0, 0.05) is 32.7 Å². The fourth-order valence-electron chi connectivity index (χ4n) is 2.66. The highest BCUT2D eigenvalue weighted by molar-refractivity contribution is 5.47. The zero-order chi connectivity index (χ0) is 11.4. The number of hydrogen-bond acceptors (Lipinski definition) is 3. The molecular formula is C12H23N3O. The van der Waals surface area contributed by atoms with Crippen LogP contribution in [-0.2, 0) is 4.79 Å². The van der Waals surface area contributed by atoms with Gasteiger partial charge in [-0.2, -0.15) is 0 Å². The van der Waals surface area contributed by atoms with Gasteiger partial charge in [-0.15, -0.1) is 0 Å². The minimum absolute atomic E-state index is 0.874. The summed E-state index contributed by atoms with van der Waals surface area (Å²) in [6, 6.07) is 0. The second kappa shape index (κ2) is 5.64. The number of nitrogens with zero attached hydrogens (tertiary/aromatic N) is 3. The Morgan fingerprint density at radius 1 is 1.06 bits per heavy atom. The van der Waals surface area contributed by atoms with Gasteiger partial charge in [0.2, 0.25) is 6.41 Å². The first-order valence-corrected chi connectivity index (χ1v) is 6.38. The lowest BCUT2D eigenvalue weighted by Crippen LogP contribution is -2.48. The van der Waals surface area contributed by atoms with Crippen LogP contribution in [-0.4, -0.2) is 74.0 Å². The van der Waals surface area contributed by atoms with Crippen molar-refractivity contribution in [2.75, 3.05) is 52.9 Å². The minimum atomic E-state index is 0.874. The molecule has 0 atom stereocenters. The molecule has 4 heteroatoms. The van der Waals surface area contributed by atoms with Gasteiger partial charge in [0.15, 0.2) is 0 Å². The van der Waals surface area contributed by atoms with E-state index in [1.807, 2.05) is 4.90 Å². The van der Waals surface area contributed by atoms with Crippen molar-refractivity contribution in [2.45, 2.75) is 12.8 Å². The van der Waals surface area contributed by atoms with Crippen LogP contribution < -0.4 is 0 Å². The molecule has 0 aromatic carbocycles. The van der Waals surface area contributed by atoms with Crippen LogP contribution in [0.15, 0.2) is 0 Å². The normalized spacial score (nSPS) is 25.9.